The third-order valence-corrected chi connectivity index (χ3v) is 4.71. The highest BCUT2D eigenvalue weighted by Gasteiger charge is 2.29. The van der Waals surface area contributed by atoms with Crippen molar-refractivity contribution in [3.8, 4) is 0 Å². The average Bonchev–Trinajstić information content (AvgIpc) is 3.08. The van der Waals surface area contributed by atoms with Crippen molar-refractivity contribution >= 4 is 17.5 Å². The van der Waals surface area contributed by atoms with Gasteiger partial charge in [-0.1, -0.05) is 12.1 Å². The van der Waals surface area contributed by atoms with E-state index >= 15 is 0 Å². The van der Waals surface area contributed by atoms with E-state index in [-0.39, 0.29) is 6.04 Å². The highest BCUT2D eigenvalue weighted by atomic mass is 16.2. The molecule has 1 aliphatic rings. The summed E-state index contributed by atoms with van der Waals surface area (Å²) in [5.74, 6) is -1.14. The molecule has 2 amide bonds. The van der Waals surface area contributed by atoms with Gasteiger partial charge in [0.25, 0.3) is 0 Å². The minimum atomic E-state index is -0.573. The lowest BCUT2D eigenvalue weighted by atomic mass is 10.0. The molecule has 1 aromatic carbocycles. The molecule has 1 aliphatic heterocycles. The van der Waals surface area contributed by atoms with E-state index < -0.39 is 17.4 Å². The Bertz CT molecular complexity index is 614. The largest absolute Gasteiger partial charge is 0.378 e. The van der Waals surface area contributed by atoms with Gasteiger partial charge in [0.1, 0.15) is 6.04 Å². The van der Waals surface area contributed by atoms with Gasteiger partial charge in [0.2, 0.25) is 0 Å². The number of amides is 2. The minimum absolute atomic E-state index is 0.167. The fraction of sp³-hybridized carbons (Fsp3) is 0.600. The first kappa shape index (κ1) is 20.2. The Morgan fingerprint density at radius 2 is 1.65 bits per heavy atom. The summed E-state index contributed by atoms with van der Waals surface area (Å²) in [4.78, 5) is 27.7. The van der Waals surface area contributed by atoms with Gasteiger partial charge < -0.3 is 20.4 Å². The normalized spacial score (nSPS) is 16.2. The number of nitrogens with zero attached hydrogens (tertiary/aromatic N) is 1. The topological polar surface area (TPSA) is 65.9 Å². The summed E-state index contributed by atoms with van der Waals surface area (Å²) in [5, 5.41) is 5.54. The van der Waals surface area contributed by atoms with Gasteiger partial charge >= 0.3 is 11.8 Å². The van der Waals surface area contributed by atoms with Crippen LogP contribution in [0, 0.1) is 0 Å². The Kier molecular flexibility index (Phi) is 6.64. The molecule has 1 atom stereocenters. The summed E-state index contributed by atoms with van der Waals surface area (Å²) < 4.78 is 0. The fourth-order valence-corrected chi connectivity index (χ4v) is 3.35. The second-order valence-corrected chi connectivity index (χ2v) is 8.32. The molecule has 0 radical (unpaired) electrons. The molecule has 0 saturated carbocycles. The Labute approximate surface area is 156 Å². The molecule has 6 heteroatoms. The summed E-state index contributed by atoms with van der Waals surface area (Å²) in [7, 11) is 4.04. The second-order valence-electron chi connectivity index (χ2n) is 8.32. The molecule has 0 bridgehead atoms. The fourth-order valence-electron chi connectivity index (χ4n) is 3.35. The number of benzene rings is 1. The van der Waals surface area contributed by atoms with E-state index in [4.69, 9.17) is 0 Å². The Hall–Kier alpha value is -2.08. The van der Waals surface area contributed by atoms with Gasteiger partial charge in [-0.2, -0.15) is 0 Å². The van der Waals surface area contributed by atoms with Crippen LogP contribution in [0.15, 0.2) is 24.3 Å². The number of carbonyl (C=O) groups is 2. The van der Waals surface area contributed by atoms with Crippen LogP contribution >= 0.6 is 0 Å². The van der Waals surface area contributed by atoms with E-state index in [0.717, 1.165) is 18.8 Å². The molecule has 144 valence electrons. The number of carbonyl (C=O) groups excluding carboxylic acids is 2. The van der Waals surface area contributed by atoms with E-state index in [0.29, 0.717) is 6.54 Å². The van der Waals surface area contributed by atoms with E-state index in [1.54, 1.807) is 0 Å². The zero-order chi connectivity index (χ0) is 19.3. The van der Waals surface area contributed by atoms with E-state index in [1.165, 1.54) is 23.3 Å². The Balaban J connectivity index is 2.06. The first-order chi connectivity index (χ1) is 12.2. The maximum Gasteiger partial charge on any atom is 0.309 e. The van der Waals surface area contributed by atoms with Gasteiger partial charge in [0.15, 0.2) is 0 Å². The second kappa shape index (κ2) is 8.54. The average molecular weight is 362 g/mol. The van der Waals surface area contributed by atoms with Crippen LogP contribution in [0.5, 0.6) is 0 Å². The van der Waals surface area contributed by atoms with Crippen LogP contribution in [-0.2, 0) is 9.59 Å². The number of quaternary nitrogens is 1. The molecule has 0 aliphatic carbocycles. The number of anilines is 1. The lowest BCUT2D eigenvalue weighted by Crippen LogP contribution is -3.11. The van der Waals surface area contributed by atoms with Crippen molar-refractivity contribution < 1.29 is 14.5 Å². The van der Waals surface area contributed by atoms with E-state index in [1.807, 2.05) is 34.9 Å². The van der Waals surface area contributed by atoms with Gasteiger partial charge in [-0.15, -0.1) is 0 Å². The first-order valence-corrected chi connectivity index (χ1v) is 9.39. The first-order valence-electron chi connectivity index (χ1n) is 9.39. The monoisotopic (exact) mass is 361 g/mol. The van der Waals surface area contributed by atoms with Gasteiger partial charge in [-0.3, -0.25) is 9.59 Å². The molecular weight excluding hydrogens is 328 g/mol. The molecule has 1 saturated heterocycles. The standard InChI is InChI=1S/C20H32N4O2/c1-20(2,3)22-19(26)18(25)21-14-17(24-12-6-7-13-24)15-8-10-16(11-9-15)23(4)5/h8-11,17H,6-7,12-14H2,1-5H3,(H,21,25)(H,22,26)/p+1/t17-/m0/s1. The summed E-state index contributed by atoms with van der Waals surface area (Å²) in [6.07, 6.45) is 2.42. The number of rotatable bonds is 5. The molecule has 0 spiro atoms. The van der Waals surface area contributed by atoms with Crippen molar-refractivity contribution in [2.75, 3.05) is 38.6 Å². The molecule has 1 heterocycles. The SMILES string of the molecule is CN(C)c1ccc([C@H](CNC(=O)C(=O)NC(C)(C)C)[NH+]2CCCC2)cc1. The van der Waals surface area contributed by atoms with Gasteiger partial charge in [0, 0.05) is 43.7 Å². The molecule has 1 aromatic rings. The van der Waals surface area contributed by atoms with Crippen LogP contribution in [0.25, 0.3) is 0 Å². The summed E-state index contributed by atoms with van der Waals surface area (Å²) in [6, 6.07) is 8.64. The molecule has 6 nitrogen and oxygen atoms in total. The van der Waals surface area contributed by atoms with Crippen LogP contribution in [-0.4, -0.2) is 51.1 Å². The Morgan fingerprint density at radius 1 is 1.08 bits per heavy atom. The lowest BCUT2D eigenvalue weighted by molar-refractivity contribution is -0.918. The smallest absolute Gasteiger partial charge is 0.309 e. The van der Waals surface area contributed by atoms with E-state index in [9.17, 15) is 9.59 Å². The van der Waals surface area contributed by atoms with Crippen molar-refractivity contribution in [1.29, 1.82) is 0 Å². The summed E-state index contributed by atoms with van der Waals surface area (Å²) in [5.41, 5.74) is 1.93. The molecule has 0 unspecified atom stereocenters. The highest BCUT2D eigenvalue weighted by molar-refractivity contribution is 6.35. The molecule has 1 fully saturated rings. The minimum Gasteiger partial charge on any atom is -0.378 e. The third-order valence-electron chi connectivity index (χ3n) is 4.71. The van der Waals surface area contributed by atoms with Crippen LogP contribution < -0.4 is 20.4 Å². The predicted octanol–water partition coefficient (Wildman–Crippen LogP) is 0.503. The number of hydrogen-bond donors (Lipinski definition) is 3. The van der Waals surface area contributed by atoms with Crippen molar-refractivity contribution in [2.24, 2.45) is 0 Å². The molecule has 2 rings (SSSR count). The van der Waals surface area contributed by atoms with Crippen molar-refractivity contribution in [3.05, 3.63) is 29.8 Å². The zero-order valence-electron chi connectivity index (χ0n) is 16.7. The van der Waals surface area contributed by atoms with E-state index in [2.05, 4.69) is 39.8 Å². The van der Waals surface area contributed by atoms with Gasteiger partial charge in [-0.25, -0.2) is 0 Å². The highest BCUT2D eigenvalue weighted by Crippen LogP contribution is 2.17. The van der Waals surface area contributed by atoms with Crippen LogP contribution in [0.1, 0.15) is 45.2 Å². The number of hydrogen-bond acceptors (Lipinski definition) is 3. The Morgan fingerprint density at radius 3 is 2.15 bits per heavy atom. The van der Waals surface area contributed by atoms with Crippen LogP contribution in [0.3, 0.4) is 0 Å². The number of nitrogens with one attached hydrogen (secondary N) is 3. The lowest BCUT2D eigenvalue weighted by Gasteiger charge is -2.26. The predicted molar refractivity (Wildman–Crippen MR) is 104 cm³/mol. The van der Waals surface area contributed by atoms with Crippen LogP contribution in [0.2, 0.25) is 0 Å². The number of likely N-dealkylation sites (tertiary alicyclic amines) is 1. The summed E-state index contributed by atoms with van der Waals surface area (Å²) >= 11 is 0. The third kappa shape index (κ3) is 5.73. The van der Waals surface area contributed by atoms with Crippen molar-refractivity contribution in [2.45, 2.75) is 45.2 Å². The molecule has 3 N–H and O–H groups in total. The molecule has 26 heavy (non-hydrogen) atoms. The maximum atomic E-state index is 12.2. The zero-order valence-corrected chi connectivity index (χ0v) is 16.7. The maximum absolute atomic E-state index is 12.2. The quantitative estimate of drug-likeness (QED) is 0.670. The van der Waals surface area contributed by atoms with Crippen molar-refractivity contribution in [3.63, 3.8) is 0 Å². The van der Waals surface area contributed by atoms with Gasteiger partial charge in [0.05, 0.1) is 19.6 Å². The van der Waals surface area contributed by atoms with Crippen molar-refractivity contribution in [1.82, 2.24) is 10.6 Å². The molecular formula is C20H33N4O2+. The van der Waals surface area contributed by atoms with Crippen LogP contribution in [0.4, 0.5) is 5.69 Å². The van der Waals surface area contributed by atoms with Gasteiger partial charge in [-0.05, 0) is 32.9 Å². The summed E-state index contributed by atoms with van der Waals surface area (Å²) in [6.45, 7) is 8.26. The molecule has 0 aromatic heterocycles.